The number of aryl methyl sites for hydroxylation is 2. The molecule has 1 aliphatic rings. The van der Waals surface area contributed by atoms with E-state index in [2.05, 4.69) is 17.6 Å². The van der Waals surface area contributed by atoms with Crippen molar-refractivity contribution in [1.29, 1.82) is 0 Å². The Bertz CT molecular complexity index is 937. The summed E-state index contributed by atoms with van der Waals surface area (Å²) >= 11 is 0. The molecule has 1 fully saturated rings. The van der Waals surface area contributed by atoms with Crippen LogP contribution in [0.25, 0.3) is 0 Å². The number of aliphatic hydroxyl groups is 1. The molecule has 8 nitrogen and oxygen atoms in total. The molecule has 1 aromatic rings. The second kappa shape index (κ2) is 15.8. The molecule has 0 saturated heterocycles. The van der Waals surface area contributed by atoms with E-state index in [1.807, 2.05) is 32.0 Å². The molecule has 1 saturated carbocycles. The van der Waals surface area contributed by atoms with Gasteiger partial charge in [0.2, 0.25) is 11.8 Å². The number of carbonyl (C=O) groups excluding carboxylic acids is 3. The molecule has 3 N–H and O–H groups in total. The van der Waals surface area contributed by atoms with E-state index in [0.717, 1.165) is 68.1 Å². The van der Waals surface area contributed by atoms with E-state index in [9.17, 15) is 19.5 Å². The summed E-state index contributed by atoms with van der Waals surface area (Å²) in [6.07, 6.45) is 9.28. The molecule has 0 heterocycles. The van der Waals surface area contributed by atoms with Gasteiger partial charge in [-0.1, -0.05) is 75.6 Å². The molecule has 0 aromatic heterocycles. The molecule has 2 unspecified atom stereocenters. The Morgan fingerprint density at radius 3 is 2.33 bits per heavy atom. The maximum absolute atomic E-state index is 14.0. The third-order valence-corrected chi connectivity index (χ3v) is 7.20. The van der Waals surface area contributed by atoms with Gasteiger partial charge in [0.15, 0.2) is 0 Å². The van der Waals surface area contributed by atoms with Crippen LogP contribution in [-0.4, -0.2) is 58.8 Å². The lowest BCUT2D eigenvalue weighted by Gasteiger charge is -2.36. The van der Waals surface area contributed by atoms with Crippen LogP contribution < -0.4 is 10.6 Å². The maximum atomic E-state index is 14.0. The largest absolute Gasteiger partial charge is 0.444 e. The van der Waals surface area contributed by atoms with Crippen LogP contribution in [0, 0.1) is 13.8 Å². The SMILES string of the molecule is CCCCCCCN(C(=O)C(CO)NC(=O)OC(C)(C)C)C(C(=O)NC1CCCCC1)c1cc(C)ccc1C. The normalized spacial score (nSPS) is 15.8. The third kappa shape index (κ3) is 10.8. The first-order valence-corrected chi connectivity index (χ1v) is 14.7. The monoisotopic (exact) mass is 545 g/mol. The standard InChI is InChI=1S/C31H51N3O5/c1-7-8-9-10-14-19-34(29(37)26(21-35)33-30(38)39-31(4,5)6)27(25-20-22(2)17-18-23(25)3)28(36)32-24-15-12-11-13-16-24/h17-18,20,24,26-27,35H,7-16,19,21H2,1-6H3,(H,32,36)(H,33,38). The molecular weight excluding hydrogens is 494 g/mol. The van der Waals surface area contributed by atoms with E-state index >= 15 is 0 Å². The average molecular weight is 546 g/mol. The molecule has 3 amide bonds. The van der Waals surface area contributed by atoms with Crippen molar-refractivity contribution in [2.45, 2.75) is 129 Å². The Morgan fingerprint density at radius 1 is 1.05 bits per heavy atom. The van der Waals surface area contributed by atoms with Crippen molar-refractivity contribution in [2.24, 2.45) is 0 Å². The minimum absolute atomic E-state index is 0.0777. The van der Waals surface area contributed by atoms with Gasteiger partial charge in [0.05, 0.1) is 6.61 Å². The predicted molar refractivity (Wildman–Crippen MR) is 154 cm³/mol. The number of alkyl carbamates (subject to hydrolysis) is 1. The lowest BCUT2D eigenvalue weighted by molar-refractivity contribution is -0.143. The van der Waals surface area contributed by atoms with Crippen molar-refractivity contribution in [3.8, 4) is 0 Å². The second-order valence-electron chi connectivity index (χ2n) is 11.9. The van der Waals surface area contributed by atoms with Crippen LogP contribution in [-0.2, 0) is 14.3 Å². The van der Waals surface area contributed by atoms with Gasteiger partial charge >= 0.3 is 6.09 Å². The summed E-state index contributed by atoms with van der Waals surface area (Å²) in [5.74, 6) is -0.713. The number of nitrogens with zero attached hydrogens (tertiary/aromatic N) is 1. The summed E-state index contributed by atoms with van der Waals surface area (Å²) < 4.78 is 5.34. The Hall–Kier alpha value is -2.61. The Kier molecular flexibility index (Phi) is 13.2. The smallest absolute Gasteiger partial charge is 0.408 e. The van der Waals surface area contributed by atoms with Crippen LogP contribution in [0.3, 0.4) is 0 Å². The summed E-state index contributed by atoms with van der Waals surface area (Å²) in [7, 11) is 0. The van der Waals surface area contributed by atoms with Gasteiger partial charge in [-0.05, 0) is 65.0 Å². The number of amides is 3. The molecule has 2 atom stereocenters. The molecule has 0 spiro atoms. The number of aliphatic hydroxyl groups excluding tert-OH is 1. The highest BCUT2D eigenvalue weighted by Gasteiger charge is 2.37. The number of rotatable bonds is 13. The molecule has 0 radical (unpaired) electrons. The fourth-order valence-electron chi connectivity index (χ4n) is 5.12. The van der Waals surface area contributed by atoms with Gasteiger partial charge in [0.25, 0.3) is 0 Å². The predicted octanol–water partition coefficient (Wildman–Crippen LogP) is 5.48. The fraction of sp³-hybridized carbons (Fsp3) is 0.710. The molecule has 1 aromatic carbocycles. The number of nitrogens with one attached hydrogen (secondary N) is 2. The molecule has 39 heavy (non-hydrogen) atoms. The first kappa shape index (κ1) is 32.6. The molecule has 1 aliphatic carbocycles. The fourth-order valence-corrected chi connectivity index (χ4v) is 5.12. The van der Waals surface area contributed by atoms with E-state index in [4.69, 9.17) is 4.74 Å². The molecule has 2 rings (SSSR count). The summed E-state index contributed by atoms with van der Waals surface area (Å²) in [6.45, 7) is 11.0. The van der Waals surface area contributed by atoms with Crippen molar-refractivity contribution in [3.05, 3.63) is 34.9 Å². The van der Waals surface area contributed by atoms with Crippen LogP contribution in [0.1, 0.15) is 115 Å². The van der Waals surface area contributed by atoms with E-state index in [1.165, 1.54) is 6.42 Å². The zero-order valence-corrected chi connectivity index (χ0v) is 25.0. The summed E-state index contributed by atoms with van der Waals surface area (Å²) in [5, 5.41) is 15.9. The highest BCUT2D eigenvalue weighted by atomic mass is 16.6. The lowest BCUT2D eigenvalue weighted by Crippen LogP contribution is -2.55. The van der Waals surface area contributed by atoms with Crippen LogP contribution in [0.4, 0.5) is 4.79 Å². The Labute approximate surface area is 235 Å². The number of benzene rings is 1. The quantitative estimate of drug-likeness (QED) is 0.285. The number of carbonyl (C=O) groups is 3. The van der Waals surface area contributed by atoms with Crippen molar-refractivity contribution in [3.63, 3.8) is 0 Å². The van der Waals surface area contributed by atoms with Gasteiger partial charge in [-0.3, -0.25) is 9.59 Å². The highest BCUT2D eigenvalue weighted by Crippen LogP contribution is 2.28. The Morgan fingerprint density at radius 2 is 1.72 bits per heavy atom. The van der Waals surface area contributed by atoms with Gasteiger partial charge in [-0.2, -0.15) is 0 Å². The van der Waals surface area contributed by atoms with Crippen LogP contribution in [0.15, 0.2) is 18.2 Å². The first-order chi connectivity index (χ1) is 18.5. The lowest BCUT2D eigenvalue weighted by atomic mass is 9.93. The summed E-state index contributed by atoms with van der Waals surface area (Å²) in [4.78, 5) is 42.1. The number of ether oxygens (including phenoxy) is 1. The molecule has 0 bridgehead atoms. The minimum atomic E-state index is -1.23. The van der Waals surface area contributed by atoms with E-state index < -0.39 is 36.3 Å². The molecule has 0 aliphatic heterocycles. The zero-order chi connectivity index (χ0) is 29.0. The Balaban J connectivity index is 2.44. The van der Waals surface area contributed by atoms with Crippen LogP contribution >= 0.6 is 0 Å². The second-order valence-corrected chi connectivity index (χ2v) is 11.9. The molecule has 8 heteroatoms. The minimum Gasteiger partial charge on any atom is -0.444 e. The average Bonchev–Trinajstić information content (AvgIpc) is 2.87. The van der Waals surface area contributed by atoms with Gasteiger partial charge in [-0.25, -0.2) is 4.79 Å². The number of hydrogen-bond donors (Lipinski definition) is 3. The van der Waals surface area contributed by atoms with Crippen molar-refractivity contribution >= 4 is 17.9 Å². The summed E-state index contributed by atoms with van der Waals surface area (Å²) in [6, 6.07) is 3.90. The summed E-state index contributed by atoms with van der Waals surface area (Å²) in [5.41, 5.74) is 1.91. The number of hydrogen-bond acceptors (Lipinski definition) is 5. The van der Waals surface area contributed by atoms with Crippen molar-refractivity contribution < 1.29 is 24.2 Å². The first-order valence-electron chi connectivity index (χ1n) is 14.7. The number of unbranched alkanes of at least 4 members (excludes halogenated alkanes) is 4. The molecule has 220 valence electrons. The highest BCUT2D eigenvalue weighted by molar-refractivity contribution is 5.92. The van der Waals surface area contributed by atoms with Gasteiger partial charge in [-0.15, -0.1) is 0 Å². The third-order valence-electron chi connectivity index (χ3n) is 7.20. The van der Waals surface area contributed by atoms with E-state index in [1.54, 1.807) is 25.7 Å². The van der Waals surface area contributed by atoms with Crippen molar-refractivity contribution in [1.82, 2.24) is 15.5 Å². The van der Waals surface area contributed by atoms with Gasteiger partial charge in [0, 0.05) is 12.6 Å². The van der Waals surface area contributed by atoms with Crippen LogP contribution in [0.2, 0.25) is 0 Å². The topological polar surface area (TPSA) is 108 Å². The van der Waals surface area contributed by atoms with Gasteiger partial charge < -0.3 is 25.4 Å². The van der Waals surface area contributed by atoms with Gasteiger partial charge in [0.1, 0.15) is 17.7 Å². The molecular formula is C31H51N3O5. The maximum Gasteiger partial charge on any atom is 0.408 e. The van der Waals surface area contributed by atoms with E-state index in [-0.39, 0.29) is 11.9 Å². The zero-order valence-electron chi connectivity index (χ0n) is 25.0. The van der Waals surface area contributed by atoms with Crippen molar-refractivity contribution in [2.75, 3.05) is 13.2 Å². The van der Waals surface area contributed by atoms with E-state index in [0.29, 0.717) is 13.0 Å². The van der Waals surface area contributed by atoms with Crippen LogP contribution in [0.5, 0.6) is 0 Å².